The number of imidazole rings is 1. The largest absolute Gasteiger partial charge is 0.573 e. The normalized spacial score (nSPS) is 16.7. The van der Waals surface area contributed by atoms with Crippen molar-refractivity contribution in [3.8, 4) is 11.8 Å². The van der Waals surface area contributed by atoms with Crippen molar-refractivity contribution in [2.75, 3.05) is 6.61 Å². The minimum absolute atomic E-state index is 0.158. The molecule has 0 saturated heterocycles. The third-order valence-electron chi connectivity index (χ3n) is 3.56. The van der Waals surface area contributed by atoms with Crippen LogP contribution >= 0.6 is 11.6 Å². The van der Waals surface area contributed by atoms with Crippen molar-refractivity contribution in [3.05, 3.63) is 45.1 Å². The van der Waals surface area contributed by atoms with E-state index in [-0.39, 0.29) is 29.5 Å². The quantitative estimate of drug-likeness (QED) is 0.621. The summed E-state index contributed by atoms with van der Waals surface area (Å²) in [5.41, 5.74) is 0.645. The van der Waals surface area contributed by atoms with Gasteiger partial charge in [0.2, 0.25) is 0 Å². The predicted molar refractivity (Wildman–Crippen MR) is 83.1 cm³/mol. The van der Waals surface area contributed by atoms with Crippen molar-refractivity contribution in [1.82, 2.24) is 14.9 Å². The minimum Gasteiger partial charge on any atom is -0.444 e. The van der Waals surface area contributed by atoms with Crippen LogP contribution in [-0.2, 0) is 13.1 Å². The summed E-state index contributed by atoms with van der Waals surface area (Å²) in [4.78, 5) is 13.9. The van der Waals surface area contributed by atoms with Gasteiger partial charge in [-0.25, -0.2) is 0 Å². The summed E-state index contributed by atoms with van der Waals surface area (Å²) >= 11 is 5.80. The fourth-order valence-electron chi connectivity index (χ4n) is 2.43. The molecule has 1 aliphatic rings. The molecule has 2 heterocycles. The summed E-state index contributed by atoms with van der Waals surface area (Å²) < 4.78 is 47.4. The van der Waals surface area contributed by atoms with Crippen LogP contribution in [0.25, 0.3) is 0 Å². The molecular weight excluding hydrogens is 381 g/mol. The number of nitrogens with one attached hydrogen (secondary N) is 1. The summed E-state index contributed by atoms with van der Waals surface area (Å²) in [7, 11) is 0. The van der Waals surface area contributed by atoms with Crippen LogP contribution in [0.2, 0.25) is 5.02 Å². The first-order valence-electron chi connectivity index (χ1n) is 7.33. The van der Waals surface area contributed by atoms with E-state index in [1.54, 1.807) is 0 Å². The molecule has 1 N–H and O–H groups in total. The topological polar surface area (TPSA) is 91.5 Å². The molecule has 12 heteroatoms. The Bertz CT molecular complexity index is 827. The average Bonchev–Trinajstić information content (AvgIpc) is 2.97. The molecule has 2 aromatic rings. The van der Waals surface area contributed by atoms with E-state index in [2.05, 4.69) is 15.0 Å². The maximum atomic E-state index is 12.2. The maximum Gasteiger partial charge on any atom is 0.573 e. The highest BCUT2D eigenvalue weighted by atomic mass is 35.5. The number of benzene rings is 1. The van der Waals surface area contributed by atoms with Gasteiger partial charge in [0.05, 0.1) is 11.1 Å². The monoisotopic (exact) mass is 392 g/mol. The lowest BCUT2D eigenvalue weighted by Gasteiger charge is -2.23. The Morgan fingerprint density at radius 2 is 2.27 bits per heavy atom. The van der Waals surface area contributed by atoms with Gasteiger partial charge in [-0.2, -0.15) is 0 Å². The molecule has 8 nitrogen and oxygen atoms in total. The standard InChI is InChI=1S/C14H12ClF3N4O4/c15-10-3-8(1-2-11(10)26-14(16,17)18)4-19-9-5-21-6-12(22(23)24)20-13(21)25-7-9/h1-3,6,9,19H,4-5,7H2/t9-/m0/s1. The molecule has 26 heavy (non-hydrogen) atoms. The molecule has 0 aliphatic carbocycles. The number of hydrogen-bond donors (Lipinski definition) is 1. The molecule has 0 radical (unpaired) electrons. The van der Waals surface area contributed by atoms with Gasteiger partial charge in [0.25, 0.3) is 0 Å². The molecule has 140 valence electrons. The van der Waals surface area contributed by atoms with Gasteiger partial charge in [0.1, 0.15) is 18.6 Å². The van der Waals surface area contributed by atoms with Crippen LogP contribution in [0.4, 0.5) is 19.0 Å². The second-order valence-corrected chi connectivity index (χ2v) is 5.90. The average molecular weight is 393 g/mol. The highest BCUT2D eigenvalue weighted by Crippen LogP contribution is 2.30. The Hall–Kier alpha value is -2.53. The first-order valence-corrected chi connectivity index (χ1v) is 7.71. The van der Waals surface area contributed by atoms with Gasteiger partial charge in [-0.05, 0) is 22.6 Å². The summed E-state index contributed by atoms with van der Waals surface area (Å²) in [6.07, 6.45) is -3.53. The van der Waals surface area contributed by atoms with Crippen molar-refractivity contribution in [3.63, 3.8) is 0 Å². The highest BCUT2D eigenvalue weighted by Gasteiger charge is 2.32. The van der Waals surface area contributed by atoms with E-state index in [1.807, 2.05) is 0 Å². The fourth-order valence-corrected chi connectivity index (χ4v) is 2.67. The highest BCUT2D eigenvalue weighted by molar-refractivity contribution is 6.32. The van der Waals surface area contributed by atoms with Crippen molar-refractivity contribution >= 4 is 17.4 Å². The third-order valence-corrected chi connectivity index (χ3v) is 3.86. The van der Waals surface area contributed by atoms with Gasteiger partial charge >= 0.3 is 18.2 Å². The number of nitro groups is 1. The zero-order valence-electron chi connectivity index (χ0n) is 13.0. The summed E-state index contributed by atoms with van der Waals surface area (Å²) in [6, 6.07) is 3.97. The van der Waals surface area contributed by atoms with Gasteiger partial charge in [-0.3, -0.25) is 4.57 Å². The molecule has 0 fully saturated rings. The number of aromatic nitrogens is 2. The Balaban J connectivity index is 1.59. The Kier molecular flexibility index (Phi) is 4.92. The van der Waals surface area contributed by atoms with E-state index in [1.165, 1.54) is 22.9 Å². The van der Waals surface area contributed by atoms with Crippen molar-refractivity contribution in [2.45, 2.75) is 25.5 Å². The minimum atomic E-state index is -4.81. The lowest BCUT2D eigenvalue weighted by atomic mass is 10.2. The van der Waals surface area contributed by atoms with Crippen molar-refractivity contribution < 1.29 is 27.6 Å². The number of nitrogens with zero attached hydrogens (tertiary/aromatic N) is 3. The number of ether oxygens (including phenoxy) is 2. The molecule has 1 aromatic heterocycles. The van der Waals surface area contributed by atoms with E-state index in [4.69, 9.17) is 16.3 Å². The van der Waals surface area contributed by atoms with E-state index in [9.17, 15) is 23.3 Å². The molecule has 0 saturated carbocycles. The molecule has 1 aliphatic heterocycles. The maximum absolute atomic E-state index is 12.2. The van der Waals surface area contributed by atoms with Crippen LogP contribution in [-0.4, -0.2) is 33.5 Å². The van der Waals surface area contributed by atoms with Crippen LogP contribution in [0.3, 0.4) is 0 Å². The lowest BCUT2D eigenvalue weighted by Crippen LogP contribution is -2.41. The molecule has 0 unspecified atom stereocenters. The number of alkyl halides is 3. The van der Waals surface area contributed by atoms with E-state index in [0.717, 1.165) is 6.07 Å². The Morgan fingerprint density at radius 1 is 1.50 bits per heavy atom. The molecule has 0 amide bonds. The molecule has 3 rings (SSSR count). The number of halogens is 4. The Morgan fingerprint density at radius 3 is 2.92 bits per heavy atom. The number of fused-ring (bicyclic) bond motifs is 1. The first kappa shape index (κ1) is 18.3. The number of rotatable bonds is 5. The van der Waals surface area contributed by atoms with Gasteiger partial charge in [-0.15, -0.1) is 13.2 Å². The molecular formula is C14H12ClF3N4O4. The Labute approximate surface area is 149 Å². The first-order chi connectivity index (χ1) is 12.2. The lowest BCUT2D eigenvalue weighted by molar-refractivity contribution is -0.389. The smallest absolute Gasteiger partial charge is 0.444 e. The van der Waals surface area contributed by atoms with Crippen molar-refractivity contribution in [1.29, 1.82) is 0 Å². The zero-order chi connectivity index (χ0) is 18.9. The third kappa shape index (κ3) is 4.35. The van der Waals surface area contributed by atoms with Crippen LogP contribution in [0.15, 0.2) is 24.4 Å². The van der Waals surface area contributed by atoms with Crippen LogP contribution < -0.4 is 14.8 Å². The summed E-state index contributed by atoms with van der Waals surface area (Å²) in [5.74, 6) is -0.771. The van der Waals surface area contributed by atoms with E-state index >= 15 is 0 Å². The molecule has 1 aromatic carbocycles. The number of hydrogen-bond acceptors (Lipinski definition) is 6. The zero-order valence-corrected chi connectivity index (χ0v) is 13.8. The van der Waals surface area contributed by atoms with Crippen molar-refractivity contribution in [2.24, 2.45) is 0 Å². The predicted octanol–water partition coefficient (Wildman–Crippen LogP) is 2.89. The van der Waals surface area contributed by atoms with Crippen LogP contribution in [0.1, 0.15) is 5.56 Å². The fraction of sp³-hybridized carbons (Fsp3) is 0.357. The van der Waals surface area contributed by atoms with E-state index < -0.39 is 17.0 Å². The van der Waals surface area contributed by atoms with Gasteiger partial charge < -0.3 is 24.9 Å². The SMILES string of the molecule is O=[N+]([O-])c1cn2c(n1)OC[C@@H](NCc1ccc(OC(F)(F)F)c(Cl)c1)C2. The second kappa shape index (κ2) is 7.00. The molecule has 0 bridgehead atoms. The second-order valence-electron chi connectivity index (χ2n) is 5.49. The van der Waals surface area contributed by atoms with Crippen LogP contribution in [0, 0.1) is 10.1 Å². The summed E-state index contributed by atoms with van der Waals surface area (Å²) in [6.45, 7) is 0.961. The van der Waals surface area contributed by atoms with Crippen LogP contribution in [0.5, 0.6) is 11.8 Å². The van der Waals surface area contributed by atoms with Gasteiger partial charge in [0.15, 0.2) is 0 Å². The molecule has 1 atom stereocenters. The van der Waals surface area contributed by atoms with Gasteiger partial charge in [-0.1, -0.05) is 17.7 Å². The van der Waals surface area contributed by atoms with E-state index in [0.29, 0.717) is 18.7 Å². The van der Waals surface area contributed by atoms with Gasteiger partial charge in [0, 0.05) is 18.1 Å². The molecule has 0 spiro atoms. The summed E-state index contributed by atoms with van der Waals surface area (Å²) in [5, 5.41) is 13.7.